The van der Waals surface area contributed by atoms with Crippen molar-refractivity contribution in [3.8, 4) is 5.75 Å². The molecule has 2 aromatic carbocycles. The topological polar surface area (TPSA) is 38.3 Å². The van der Waals surface area contributed by atoms with Gasteiger partial charge in [-0.05, 0) is 30.7 Å². The summed E-state index contributed by atoms with van der Waals surface area (Å²) in [6.07, 6.45) is 0.135. The van der Waals surface area contributed by atoms with E-state index >= 15 is 0 Å². The first-order valence-corrected chi connectivity index (χ1v) is 6.37. The lowest BCUT2D eigenvalue weighted by Gasteiger charge is -2.17. The number of amides is 1. The van der Waals surface area contributed by atoms with Gasteiger partial charge in [0.1, 0.15) is 5.75 Å². The summed E-state index contributed by atoms with van der Waals surface area (Å²) >= 11 is 0. The zero-order chi connectivity index (χ0) is 13.5. The molecule has 0 aliphatic heterocycles. The van der Waals surface area contributed by atoms with E-state index in [4.69, 9.17) is 4.74 Å². The molecule has 0 spiro atoms. The Kier molecular flexibility index (Phi) is 4.56. The van der Waals surface area contributed by atoms with E-state index in [2.05, 4.69) is 5.32 Å². The Balaban J connectivity index is 2.00. The van der Waals surface area contributed by atoms with E-state index < -0.39 is 6.10 Å². The van der Waals surface area contributed by atoms with Gasteiger partial charge in [-0.15, -0.1) is 0 Å². The van der Waals surface area contributed by atoms with Gasteiger partial charge in [0.2, 0.25) is 0 Å². The first-order chi connectivity index (χ1) is 9.29. The zero-order valence-electron chi connectivity index (χ0n) is 10.9. The van der Waals surface area contributed by atoms with E-state index in [1.54, 1.807) is 0 Å². The Hall–Kier alpha value is -2.29. The largest absolute Gasteiger partial charge is 0.481 e. The average molecular weight is 255 g/mol. The highest BCUT2D eigenvalue weighted by molar-refractivity contribution is 5.94. The van der Waals surface area contributed by atoms with Gasteiger partial charge < -0.3 is 10.1 Å². The minimum absolute atomic E-state index is 0.127. The smallest absolute Gasteiger partial charge is 0.265 e. The van der Waals surface area contributed by atoms with Gasteiger partial charge in [-0.25, -0.2) is 0 Å². The van der Waals surface area contributed by atoms with Crippen molar-refractivity contribution >= 4 is 11.6 Å². The van der Waals surface area contributed by atoms with Crippen molar-refractivity contribution in [2.24, 2.45) is 0 Å². The highest BCUT2D eigenvalue weighted by Crippen LogP contribution is 2.14. The Bertz CT molecular complexity index is 511. The molecule has 1 unspecified atom stereocenters. The molecule has 19 heavy (non-hydrogen) atoms. The molecule has 98 valence electrons. The highest BCUT2D eigenvalue weighted by atomic mass is 16.5. The summed E-state index contributed by atoms with van der Waals surface area (Å²) in [6, 6.07) is 18.8. The molecule has 1 N–H and O–H groups in total. The molecule has 0 saturated heterocycles. The van der Waals surface area contributed by atoms with Crippen LogP contribution in [0.15, 0.2) is 60.7 Å². The van der Waals surface area contributed by atoms with E-state index in [1.165, 1.54) is 0 Å². The molecule has 0 heterocycles. The van der Waals surface area contributed by atoms with Gasteiger partial charge in [0, 0.05) is 5.69 Å². The molecular formula is C16H17NO2. The predicted octanol–water partition coefficient (Wildman–Crippen LogP) is 3.48. The Morgan fingerprint density at radius 3 is 2.21 bits per heavy atom. The first-order valence-electron chi connectivity index (χ1n) is 6.37. The fourth-order valence-corrected chi connectivity index (χ4v) is 1.73. The third-order valence-electron chi connectivity index (χ3n) is 2.73. The molecule has 0 saturated carbocycles. The third kappa shape index (κ3) is 3.85. The molecule has 0 aliphatic carbocycles. The molecule has 0 radical (unpaired) electrons. The molecule has 1 amide bonds. The number of anilines is 1. The van der Waals surface area contributed by atoms with Crippen LogP contribution in [0.5, 0.6) is 5.75 Å². The Morgan fingerprint density at radius 2 is 1.63 bits per heavy atom. The first kappa shape index (κ1) is 13.1. The molecular weight excluding hydrogens is 238 g/mol. The quantitative estimate of drug-likeness (QED) is 0.888. The Labute approximate surface area is 113 Å². The number of carbonyl (C=O) groups is 1. The van der Waals surface area contributed by atoms with Gasteiger partial charge in [0.15, 0.2) is 6.10 Å². The van der Waals surface area contributed by atoms with Crippen molar-refractivity contribution in [3.63, 3.8) is 0 Å². The second kappa shape index (κ2) is 6.59. The molecule has 3 heteroatoms. The summed E-state index contributed by atoms with van der Waals surface area (Å²) in [5.74, 6) is 0.579. The maximum atomic E-state index is 12.1. The standard InChI is InChI=1S/C16H17NO2/c1-2-15(19-14-11-7-4-8-12-14)16(18)17-13-9-5-3-6-10-13/h3-12,15H,2H2,1H3,(H,17,18). The monoisotopic (exact) mass is 255 g/mol. The van der Waals surface area contributed by atoms with E-state index in [9.17, 15) is 4.79 Å². The van der Waals surface area contributed by atoms with Gasteiger partial charge in [-0.3, -0.25) is 4.79 Å². The van der Waals surface area contributed by atoms with Crippen LogP contribution in [0.25, 0.3) is 0 Å². The van der Waals surface area contributed by atoms with E-state index in [0.717, 1.165) is 5.69 Å². The van der Waals surface area contributed by atoms with E-state index in [0.29, 0.717) is 12.2 Å². The van der Waals surface area contributed by atoms with Crippen molar-refractivity contribution in [3.05, 3.63) is 60.7 Å². The van der Waals surface area contributed by atoms with E-state index in [-0.39, 0.29) is 5.91 Å². The summed E-state index contributed by atoms with van der Waals surface area (Å²) in [4.78, 5) is 12.1. The lowest BCUT2D eigenvalue weighted by Crippen LogP contribution is -2.32. The summed E-state index contributed by atoms with van der Waals surface area (Å²) in [6.45, 7) is 1.93. The molecule has 3 nitrogen and oxygen atoms in total. The van der Waals surface area contributed by atoms with Crippen molar-refractivity contribution in [1.29, 1.82) is 0 Å². The maximum absolute atomic E-state index is 12.1. The molecule has 1 atom stereocenters. The minimum Gasteiger partial charge on any atom is -0.481 e. The van der Waals surface area contributed by atoms with Crippen LogP contribution in [-0.2, 0) is 4.79 Å². The van der Waals surface area contributed by atoms with Crippen LogP contribution >= 0.6 is 0 Å². The number of hydrogen-bond acceptors (Lipinski definition) is 2. The van der Waals surface area contributed by atoms with Crippen molar-refractivity contribution < 1.29 is 9.53 Å². The maximum Gasteiger partial charge on any atom is 0.265 e. The summed E-state index contributed by atoms with van der Waals surface area (Å²) in [5.41, 5.74) is 0.780. The highest BCUT2D eigenvalue weighted by Gasteiger charge is 2.18. The number of rotatable bonds is 5. The van der Waals surface area contributed by atoms with Crippen LogP contribution in [0.2, 0.25) is 0 Å². The second-order valence-electron chi connectivity index (χ2n) is 4.18. The number of ether oxygens (including phenoxy) is 1. The number of carbonyl (C=O) groups excluding carboxylic acids is 1. The van der Waals surface area contributed by atoms with Crippen molar-refractivity contribution in [2.75, 3.05) is 5.32 Å². The zero-order valence-corrected chi connectivity index (χ0v) is 10.9. The molecule has 0 bridgehead atoms. The summed E-state index contributed by atoms with van der Waals surface area (Å²) < 4.78 is 5.69. The average Bonchev–Trinajstić information content (AvgIpc) is 2.47. The Morgan fingerprint density at radius 1 is 1.05 bits per heavy atom. The van der Waals surface area contributed by atoms with Crippen LogP contribution < -0.4 is 10.1 Å². The lowest BCUT2D eigenvalue weighted by atomic mass is 10.2. The number of benzene rings is 2. The fourth-order valence-electron chi connectivity index (χ4n) is 1.73. The van der Waals surface area contributed by atoms with Crippen LogP contribution in [0.4, 0.5) is 5.69 Å². The lowest BCUT2D eigenvalue weighted by molar-refractivity contribution is -0.122. The normalized spacial score (nSPS) is 11.6. The van der Waals surface area contributed by atoms with Crippen molar-refractivity contribution in [2.45, 2.75) is 19.4 Å². The minimum atomic E-state index is -0.484. The second-order valence-corrected chi connectivity index (χ2v) is 4.18. The summed E-state index contributed by atoms with van der Waals surface area (Å²) in [5, 5.41) is 2.85. The third-order valence-corrected chi connectivity index (χ3v) is 2.73. The van der Waals surface area contributed by atoms with Gasteiger partial charge >= 0.3 is 0 Å². The van der Waals surface area contributed by atoms with Gasteiger partial charge in [0.25, 0.3) is 5.91 Å². The van der Waals surface area contributed by atoms with Gasteiger partial charge in [-0.1, -0.05) is 43.3 Å². The molecule has 0 aliphatic rings. The molecule has 2 rings (SSSR count). The van der Waals surface area contributed by atoms with Crippen LogP contribution in [0.3, 0.4) is 0 Å². The molecule has 0 aromatic heterocycles. The number of nitrogens with one attached hydrogen (secondary N) is 1. The van der Waals surface area contributed by atoms with E-state index in [1.807, 2.05) is 67.6 Å². The number of para-hydroxylation sites is 2. The number of hydrogen-bond donors (Lipinski definition) is 1. The SMILES string of the molecule is CCC(Oc1ccccc1)C(=O)Nc1ccccc1. The molecule has 0 fully saturated rings. The van der Waals surface area contributed by atoms with Crippen LogP contribution in [0, 0.1) is 0 Å². The van der Waals surface area contributed by atoms with Crippen LogP contribution in [0.1, 0.15) is 13.3 Å². The van der Waals surface area contributed by atoms with Gasteiger partial charge in [0.05, 0.1) is 0 Å². The fraction of sp³-hybridized carbons (Fsp3) is 0.188. The predicted molar refractivity (Wildman–Crippen MR) is 76.2 cm³/mol. The van der Waals surface area contributed by atoms with Crippen LogP contribution in [-0.4, -0.2) is 12.0 Å². The van der Waals surface area contributed by atoms with Crippen molar-refractivity contribution in [1.82, 2.24) is 0 Å². The molecule has 2 aromatic rings. The summed E-state index contributed by atoms with van der Waals surface area (Å²) in [7, 11) is 0. The van der Waals surface area contributed by atoms with Gasteiger partial charge in [-0.2, -0.15) is 0 Å².